The first-order valence-corrected chi connectivity index (χ1v) is 9.80. The molecule has 1 aliphatic carbocycles. The molecule has 1 fully saturated rings. The second-order valence-corrected chi connectivity index (χ2v) is 8.42. The number of carbonyl (C=O) groups is 3. The van der Waals surface area contributed by atoms with Crippen LogP contribution in [0.15, 0.2) is 24.3 Å². The van der Waals surface area contributed by atoms with Gasteiger partial charge in [-0.25, -0.2) is 0 Å². The van der Waals surface area contributed by atoms with Crippen molar-refractivity contribution in [3.05, 3.63) is 29.8 Å². The number of rotatable bonds is 6. The van der Waals surface area contributed by atoms with E-state index in [0.29, 0.717) is 23.6 Å². The van der Waals surface area contributed by atoms with Crippen LogP contribution in [0.25, 0.3) is 0 Å². The Bertz CT molecular complexity index is 665. The van der Waals surface area contributed by atoms with Crippen molar-refractivity contribution in [1.29, 1.82) is 0 Å². The number of carbonyl (C=O) groups excluding carboxylic acids is 3. The predicted molar refractivity (Wildman–Crippen MR) is 106 cm³/mol. The normalized spacial score (nSPS) is 20.0. The summed E-state index contributed by atoms with van der Waals surface area (Å²) in [5.41, 5.74) is 1.38. The number of ketones is 1. The van der Waals surface area contributed by atoms with Crippen LogP contribution in [0.5, 0.6) is 0 Å². The Morgan fingerprint density at radius 1 is 1.04 bits per heavy atom. The molecular formula is C22H31NO4. The highest BCUT2D eigenvalue weighted by Crippen LogP contribution is 2.40. The third-order valence-electron chi connectivity index (χ3n) is 5.44. The first-order valence-electron chi connectivity index (χ1n) is 9.80. The fourth-order valence-electron chi connectivity index (χ4n) is 3.52. The smallest absolute Gasteiger partial charge is 0.309 e. The Labute approximate surface area is 161 Å². The summed E-state index contributed by atoms with van der Waals surface area (Å²) < 4.78 is 5.27. The van der Waals surface area contributed by atoms with E-state index in [4.69, 9.17) is 4.74 Å². The van der Waals surface area contributed by atoms with Crippen molar-refractivity contribution in [2.45, 2.75) is 59.8 Å². The van der Waals surface area contributed by atoms with Crippen LogP contribution in [0.1, 0.15) is 70.2 Å². The van der Waals surface area contributed by atoms with Gasteiger partial charge in [-0.1, -0.05) is 27.7 Å². The van der Waals surface area contributed by atoms with Crippen LogP contribution in [-0.2, 0) is 14.3 Å². The standard InChI is InChI=1S/C22H31NO4/c1-5-20(25)23-18-12-8-15(9-13-18)19(24)14-27-21(26)16-6-10-17(11-7-16)22(2,3)4/h8-9,12-13,16-17H,5-7,10-11,14H2,1-4H3,(H,23,25). The lowest BCUT2D eigenvalue weighted by Crippen LogP contribution is -2.30. The molecule has 0 aromatic heterocycles. The van der Waals surface area contributed by atoms with Gasteiger partial charge in [-0.2, -0.15) is 0 Å². The SMILES string of the molecule is CCC(=O)Nc1ccc(C(=O)COC(=O)C2CCC(C(C)(C)C)CC2)cc1. The number of hydrogen-bond donors (Lipinski definition) is 1. The molecular weight excluding hydrogens is 342 g/mol. The van der Waals surface area contributed by atoms with E-state index in [0.717, 1.165) is 25.7 Å². The highest BCUT2D eigenvalue weighted by atomic mass is 16.5. The van der Waals surface area contributed by atoms with Gasteiger partial charge in [0.15, 0.2) is 12.4 Å². The van der Waals surface area contributed by atoms with E-state index in [9.17, 15) is 14.4 Å². The predicted octanol–water partition coefficient (Wildman–Crippen LogP) is 4.61. The quantitative estimate of drug-likeness (QED) is 0.584. The molecule has 0 spiro atoms. The fourth-order valence-corrected chi connectivity index (χ4v) is 3.52. The molecule has 0 bridgehead atoms. The third kappa shape index (κ3) is 6.19. The lowest BCUT2D eigenvalue weighted by atomic mass is 9.70. The number of esters is 1. The van der Waals surface area contributed by atoms with Crippen molar-refractivity contribution >= 4 is 23.3 Å². The maximum absolute atomic E-state index is 12.3. The van der Waals surface area contributed by atoms with Gasteiger partial charge in [0, 0.05) is 17.7 Å². The first-order chi connectivity index (χ1) is 12.7. The Morgan fingerprint density at radius 2 is 1.63 bits per heavy atom. The summed E-state index contributed by atoms with van der Waals surface area (Å²) in [4.78, 5) is 35.9. The Morgan fingerprint density at radius 3 is 2.15 bits per heavy atom. The van der Waals surface area contributed by atoms with E-state index >= 15 is 0 Å². The lowest BCUT2D eigenvalue weighted by molar-refractivity contribution is -0.149. The monoisotopic (exact) mass is 373 g/mol. The molecule has 1 aromatic carbocycles. The number of anilines is 1. The minimum atomic E-state index is -0.262. The first kappa shape index (κ1) is 21.1. The molecule has 0 radical (unpaired) electrons. The third-order valence-corrected chi connectivity index (χ3v) is 5.44. The summed E-state index contributed by atoms with van der Waals surface area (Å²) in [7, 11) is 0. The molecule has 1 N–H and O–H groups in total. The zero-order valence-corrected chi connectivity index (χ0v) is 16.8. The summed E-state index contributed by atoms with van der Waals surface area (Å²) in [6.45, 7) is 8.27. The molecule has 2 rings (SSSR count). The van der Waals surface area contributed by atoms with Gasteiger partial charge in [-0.05, 0) is 61.3 Å². The Balaban J connectivity index is 1.80. The van der Waals surface area contributed by atoms with E-state index in [2.05, 4.69) is 26.1 Å². The molecule has 0 aliphatic heterocycles. The number of ether oxygens (including phenoxy) is 1. The number of nitrogens with one attached hydrogen (secondary N) is 1. The second kappa shape index (κ2) is 9.16. The van der Waals surface area contributed by atoms with E-state index in [-0.39, 0.29) is 35.6 Å². The van der Waals surface area contributed by atoms with Crippen LogP contribution in [0.2, 0.25) is 0 Å². The lowest BCUT2D eigenvalue weighted by Gasteiger charge is -2.36. The van der Waals surface area contributed by atoms with Crippen molar-refractivity contribution in [2.24, 2.45) is 17.3 Å². The van der Waals surface area contributed by atoms with Crippen LogP contribution in [0.4, 0.5) is 5.69 Å². The molecule has 1 amide bonds. The number of Topliss-reactive ketones (excluding diaryl/α,β-unsaturated/α-hetero) is 1. The van der Waals surface area contributed by atoms with Gasteiger partial charge in [0.25, 0.3) is 0 Å². The maximum atomic E-state index is 12.3. The van der Waals surface area contributed by atoms with Crippen molar-refractivity contribution in [1.82, 2.24) is 0 Å². The minimum Gasteiger partial charge on any atom is -0.457 e. The number of benzene rings is 1. The molecule has 148 valence electrons. The summed E-state index contributed by atoms with van der Waals surface area (Å²) in [5, 5.41) is 2.73. The Kier molecular flexibility index (Phi) is 7.17. The average Bonchev–Trinajstić information content (AvgIpc) is 2.65. The Hall–Kier alpha value is -2.17. The average molecular weight is 373 g/mol. The summed E-state index contributed by atoms with van der Waals surface area (Å²) in [5.74, 6) is -0.0373. The second-order valence-electron chi connectivity index (χ2n) is 8.42. The van der Waals surface area contributed by atoms with Crippen LogP contribution in [-0.4, -0.2) is 24.3 Å². The van der Waals surface area contributed by atoms with Crippen molar-refractivity contribution < 1.29 is 19.1 Å². The van der Waals surface area contributed by atoms with Gasteiger partial charge < -0.3 is 10.1 Å². The fraction of sp³-hybridized carbons (Fsp3) is 0.591. The zero-order valence-electron chi connectivity index (χ0n) is 16.8. The molecule has 0 atom stereocenters. The molecule has 0 unspecified atom stereocenters. The van der Waals surface area contributed by atoms with E-state index in [1.165, 1.54) is 0 Å². The number of amides is 1. The van der Waals surface area contributed by atoms with Gasteiger partial charge >= 0.3 is 5.97 Å². The van der Waals surface area contributed by atoms with Gasteiger partial charge in [-0.15, -0.1) is 0 Å². The van der Waals surface area contributed by atoms with Crippen molar-refractivity contribution in [3.63, 3.8) is 0 Å². The highest BCUT2D eigenvalue weighted by Gasteiger charge is 2.33. The zero-order chi connectivity index (χ0) is 20.0. The molecule has 1 saturated carbocycles. The summed E-state index contributed by atoms with van der Waals surface area (Å²) in [6, 6.07) is 6.62. The van der Waals surface area contributed by atoms with Gasteiger partial charge in [0.2, 0.25) is 5.91 Å². The molecule has 27 heavy (non-hydrogen) atoms. The van der Waals surface area contributed by atoms with E-state index < -0.39 is 0 Å². The van der Waals surface area contributed by atoms with Crippen LogP contribution < -0.4 is 5.32 Å². The van der Waals surface area contributed by atoms with Crippen LogP contribution in [0, 0.1) is 17.3 Å². The van der Waals surface area contributed by atoms with Gasteiger partial charge in [0.1, 0.15) is 0 Å². The van der Waals surface area contributed by atoms with Gasteiger partial charge in [0.05, 0.1) is 5.92 Å². The molecule has 1 aromatic rings. The summed E-state index contributed by atoms with van der Waals surface area (Å²) >= 11 is 0. The molecule has 5 heteroatoms. The molecule has 0 heterocycles. The van der Waals surface area contributed by atoms with Crippen LogP contribution in [0.3, 0.4) is 0 Å². The van der Waals surface area contributed by atoms with Crippen molar-refractivity contribution in [2.75, 3.05) is 11.9 Å². The van der Waals surface area contributed by atoms with E-state index in [1.54, 1.807) is 31.2 Å². The summed E-state index contributed by atoms with van der Waals surface area (Å²) in [6.07, 6.45) is 4.13. The van der Waals surface area contributed by atoms with Crippen LogP contribution >= 0.6 is 0 Å². The van der Waals surface area contributed by atoms with E-state index in [1.807, 2.05) is 0 Å². The minimum absolute atomic E-state index is 0.0795. The maximum Gasteiger partial charge on any atom is 0.309 e. The molecule has 5 nitrogen and oxygen atoms in total. The largest absolute Gasteiger partial charge is 0.457 e. The molecule has 0 saturated heterocycles. The number of hydrogen-bond acceptors (Lipinski definition) is 4. The van der Waals surface area contributed by atoms with Gasteiger partial charge in [-0.3, -0.25) is 14.4 Å². The van der Waals surface area contributed by atoms with Crippen molar-refractivity contribution in [3.8, 4) is 0 Å². The molecule has 1 aliphatic rings. The highest BCUT2D eigenvalue weighted by molar-refractivity contribution is 5.98. The topological polar surface area (TPSA) is 72.5 Å².